The Labute approximate surface area is 241 Å². The van der Waals surface area contributed by atoms with Gasteiger partial charge in [0.1, 0.15) is 5.82 Å². The van der Waals surface area contributed by atoms with Crippen molar-refractivity contribution in [2.45, 2.75) is 69.8 Å². The minimum atomic E-state index is -4.36. The number of anilines is 1. The van der Waals surface area contributed by atoms with Crippen molar-refractivity contribution in [1.29, 1.82) is 0 Å². The normalized spacial score (nSPS) is 25.1. The lowest BCUT2D eigenvalue weighted by Crippen LogP contribution is -2.44. The van der Waals surface area contributed by atoms with E-state index in [1.54, 1.807) is 18.2 Å². The summed E-state index contributed by atoms with van der Waals surface area (Å²) in [6.45, 7) is 11.1. The van der Waals surface area contributed by atoms with Crippen molar-refractivity contribution in [2.24, 2.45) is 0 Å². The topological polar surface area (TPSA) is 40.6 Å². The van der Waals surface area contributed by atoms with Crippen LogP contribution in [0, 0.1) is 6.92 Å². The van der Waals surface area contributed by atoms with Gasteiger partial charge in [-0.15, -0.1) is 0 Å². The molecule has 3 aliphatic heterocycles. The van der Waals surface area contributed by atoms with Gasteiger partial charge < -0.3 is 19.9 Å². The van der Waals surface area contributed by atoms with Gasteiger partial charge in [-0.05, 0) is 105 Å². The number of benzene rings is 2. The lowest BCUT2D eigenvalue weighted by molar-refractivity contribution is -0.136. The molecule has 2 aromatic carbocycles. The van der Waals surface area contributed by atoms with E-state index in [1.165, 1.54) is 11.6 Å². The van der Waals surface area contributed by atoms with Crippen LogP contribution in [0.5, 0.6) is 0 Å². The molecule has 5 nitrogen and oxygen atoms in total. The van der Waals surface area contributed by atoms with Crippen LogP contribution in [0.3, 0.4) is 0 Å². The third-order valence-corrected chi connectivity index (χ3v) is 9.22. The van der Waals surface area contributed by atoms with Crippen LogP contribution in [0.25, 0.3) is 10.8 Å². The van der Waals surface area contributed by atoms with Crippen LogP contribution in [0.2, 0.25) is 0 Å². The van der Waals surface area contributed by atoms with E-state index in [4.69, 9.17) is 9.72 Å². The van der Waals surface area contributed by atoms with Gasteiger partial charge in [0.2, 0.25) is 0 Å². The predicted molar refractivity (Wildman–Crippen MR) is 158 cm³/mol. The monoisotopic (exact) mass is 566 g/mol. The van der Waals surface area contributed by atoms with Crippen LogP contribution >= 0.6 is 0 Å². The number of aromatic nitrogens is 1. The fourth-order valence-corrected chi connectivity index (χ4v) is 7.26. The number of likely N-dealkylation sites (tertiary alicyclic amines) is 1. The van der Waals surface area contributed by atoms with Crippen molar-refractivity contribution in [1.82, 2.24) is 15.2 Å². The van der Waals surface area contributed by atoms with E-state index < -0.39 is 11.7 Å². The lowest BCUT2D eigenvalue weighted by atomic mass is 9.82. The molecule has 1 unspecified atom stereocenters. The van der Waals surface area contributed by atoms with Crippen molar-refractivity contribution >= 4 is 16.6 Å². The second-order valence-electron chi connectivity index (χ2n) is 12.2. The highest BCUT2D eigenvalue weighted by molar-refractivity contribution is 5.89. The highest BCUT2D eigenvalue weighted by atomic mass is 19.4. The number of pyridine rings is 1. The Hall–Kier alpha value is -2.68. The Bertz CT molecular complexity index is 1350. The van der Waals surface area contributed by atoms with Crippen molar-refractivity contribution in [3.63, 3.8) is 0 Å². The molecule has 0 radical (unpaired) electrons. The third kappa shape index (κ3) is 6.40. The van der Waals surface area contributed by atoms with Crippen LogP contribution in [-0.2, 0) is 10.9 Å². The summed E-state index contributed by atoms with van der Waals surface area (Å²) in [6, 6.07) is 14.5. The molecule has 220 valence electrons. The molecule has 3 fully saturated rings. The molecule has 4 heterocycles. The summed E-state index contributed by atoms with van der Waals surface area (Å²) in [4.78, 5) is 9.74. The Morgan fingerprint density at radius 1 is 0.927 bits per heavy atom. The number of alkyl halides is 3. The van der Waals surface area contributed by atoms with E-state index in [9.17, 15) is 13.2 Å². The second-order valence-corrected chi connectivity index (χ2v) is 12.2. The zero-order valence-corrected chi connectivity index (χ0v) is 24.1. The summed E-state index contributed by atoms with van der Waals surface area (Å²) >= 11 is 0. The molecule has 41 heavy (non-hydrogen) atoms. The largest absolute Gasteiger partial charge is 0.417 e. The smallest absolute Gasteiger partial charge is 0.374 e. The molecule has 6 rings (SSSR count). The first-order valence-corrected chi connectivity index (χ1v) is 15.2. The number of nitrogens with one attached hydrogen (secondary N) is 1. The predicted octanol–water partition coefficient (Wildman–Crippen LogP) is 6.50. The van der Waals surface area contributed by atoms with E-state index in [2.05, 4.69) is 41.1 Å². The number of aryl methyl sites for hydroxylation is 1. The molecule has 8 heteroatoms. The lowest BCUT2D eigenvalue weighted by Gasteiger charge is -2.39. The molecule has 1 aromatic heterocycles. The van der Waals surface area contributed by atoms with E-state index in [0.29, 0.717) is 16.7 Å². The first kappa shape index (κ1) is 28.4. The molecule has 0 aliphatic carbocycles. The molecule has 1 N–H and O–H groups in total. The third-order valence-electron chi connectivity index (χ3n) is 9.22. The van der Waals surface area contributed by atoms with Crippen LogP contribution in [-0.4, -0.2) is 67.9 Å². The summed E-state index contributed by atoms with van der Waals surface area (Å²) in [7, 11) is 0. The Morgan fingerprint density at radius 2 is 1.66 bits per heavy atom. The van der Waals surface area contributed by atoms with E-state index in [0.717, 1.165) is 88.6 Å². The average Bonchev–Trinajstić information content (AvgIpc) is 2.96. The first-order valence-electron chi connectivity index (χ1n) is 15.2. The van der Waals surface area contributed by atoms with Crippen LogP contribution < -0.4 is 10.2 Å². The molecule has 0 bridgehead atoms. The molecule has 3 atom stereocenters. The highest BCUT2D eigenvalue weighted by Gasteiger charge is 2.35. The molecular formula is C33H41F3N4O. The standard InChI is InChI=1S/C33H41F3N4O/c1-22-17-25(20-32(38-22)40-15-11-37-12-16-40)24-9-13-39(14-10-24)21-27-19-26(18-23(2)41-27)28-7-8-31(33(34,35)36)30-6-4-3-5-29(28)30/h3-8,17,20,23-24,26-27,37H,9-16,18-19,21H2,1-2H3/t23-,26?,27-/m1/s1. The van der Waals surface area contributed by atoms with Crippen molar-refractivity contribution in [2.75, 3.05) is 50.7 Å². The Balaban J connectivity index is 1.11. The van der Waals surface area contributed by atoms with Gasteiger partial charge in [-0.3, -0.25) is 0 Å². The number of ether oxygens (including phenoxy) is 1. The molecule has 0 spiro atoms. The number of piperidine rings is 1. The number of halogens is 3. The van der Waals surface area contributed by atoms with Crippen LogP contribution in [0.15, 0.2) is 48.5 Å². The Kier molecular flexibility index (Phi) is 8.25. The van der Waals surface area contributed by atoms with Gasteiger partial charge >= 0.3 is 6.18 Å². The number of hydrogen-bond donors (Lipinski definition) is 1. The molecule has 0 saturated carbocycles. The Morgan fingerprint density at radius 3 is 2.39 bits per heavy atom. The number of rotatable bonds is 5. The molecule has 3 saturated heterocycles. The van der Waals surface area contributed by atoms with Crippen LogP contribution in [0.4, 0.5) is 19.0 Å². The summed E-state index contributed by atoms with van der Waals surface area (Å²) in [5.41, 5.74) is 2.95. The van der Waals surface area contributed by atoms with Crippen molar-refractivity contribution in [3.8, 4) is 0 Å². The summed E-state index contributed by atoms with van der Waals surface area (Å²) in [5.74, 6) is 1.82. The SMILES string of the molecule is Cc1cc(C2CCN(C[C@H]3CC(c4ccc(C(F)(F)F)c5ccccc45)C[C@@H](C)O3)CC2)cc(N2CCNCC2)n1. The van der Waals surface area contributed by atoms with E-state index in [1.807, 2.05) is 12.1 Å². The minimum absolute atomic E-state index is 0.0700. The van der Waals surface area contributed by atoms with Gasteiger partial charge in [0.15, 0.2) is 0 Å². The highest BCUT2D eigenvalue weighted by Crippen LogP contribution is 2.42. The van der Waals surface area contributed by atoms with E-state index in [-0.39, 0.29) is 18.1 Å². The van der Waals surface area contributed by atoms with Crippen molar-refractivity contribution < 1.29 is 17.9 Å². The van der Waals surface area contributed by atoms with Gasteiger partial charge in [-0.25, -0.2) is 4.98 Å². The maximum absolute atomic E-state index is 13.7. The zero-order chi connectivity index (χ0) is 28.6. The fraction of sp³-hybridized carbons (Fsp3) is 0.545. The number of fused-ring (bicyclic) bond motifs is 1. The molecule has 3 aromatic rings. The summed E-state index contributed by atoms with van der Waals surface area (Å²) in [6.07, 6.45) is -0.344. The van der Waals surface area contributed by atoms with Gasteiger partial charge in [-0.1, -0.05) is 30.3 Å². The number of nitrogens with zero attached hydrogens (tertiary/aromatic N) is 3. The van der Waals surface area contributed by atoms with Gasteiger partial charge in [-0.2, -0.15) is 13.2 Å². The maximum atomic E-state index is 13.7. The number of piperazine rings is 1. The summed E-state index contributed by atoms with van der Waals surface area (Å²) in [5, 5.41) is 4.43. The number of hydrogen-bond acceptors (Lipinski definition) is 5. The first-order chi connectivity index (χ1) is 19.7. The quantitative estimate of drug-likeness (QED) is 0.382. The minimum Gasteiger partial charge on any atom is -0.374 e. The maximum Gasteiger partial charge on any atom is 0.417 e. The zero-order valence-electron chi connectivity index (χ0n) is 24.1. The molecular weight excluding hydrogens is 525 g/mol. The second kappa shape index (κ2) is 11.9. The van der Waals surface area contributed by atoms with Crippen LogP contribution in [0.1, 0.15) is 66.8 Å². The molecule has 0 amide bonds. The van der Waals surface area contributed by atoms with Gasteiger partial charge in [0, 0.05) is 38.4 Å². The summed E-state index contributed by atoms with van der Waals surface area (Å²) < 4.78 is 47.5. The average molecular weight is 567 g/mol. The molecule has 3 aliphatic rings. The van der Waals surface area contributed by atoms with Gasteiger partial charge in [0.25, 0.3) is 0 Å². The van der Waals surface area contributed by atoms with E-state index >= 15 is 0 Å². The van der Waals surface area contributed by atoms with Gasteiger partial charge in [0.05, 0.1) is 17.8 Å². The van der Waals surface area contributed by atoms with Crippen molar-refractivity contribution in [3.05, 3.63) is 70.9 Å². The fourth-order valence-electron chi connectivity index (χ4n) is 7.26.